The van der Waals surface area contributed by atoms with Gasteiger partial charge in [0.2, 0.25) is 0 Å². The Balaban J connectivity index is 1.46. The summed E-state index contributed by atoms with van der Waals surface area (Å²) >= 11 is 0. The summed E-state index contributed by atoms with van der Waals surface area (Å²) in [5.41, 5.74) is 3.63. The number of pyridine rings is 2. The SMILES string of the molecule is c1cc(Cn2c(-c3cccc(-n4cccn4)n3)nc3ccccc32)nc(-n2cccn2)c1. The molecule has 0 radical (unpaired) electrons. The number of fused-ring (bicyclic) bond motifs is 1. The minimum absolute atomic E-state index is 0.554. The highest BCUT2D eigenvalue weighted by Crippen LogP contribution is 2.25. The lowest BCUT2D eigenvalue weighted by molar-refractivity contribution is 0.776. The molecule has 6 rings (SSSR count). The standard InChI is InChI=1S/C24H18N8/c1-2-10-21-19(8-1)29-24(20-9-4-12-23(28-20)32-16-6-14-26-32)30(21)17-18-7-3-11-22(27-18)31-15-5-13-25-31/h1-16H,17H2. The molecule has 0 N–H and O–H groups in total. The first-order chi connectivity index (χ1) is 15.8. The zero-order valence-electron chi connectivity index (χ0n) is 17.0. The minimum atomic E-state index is 0.554. The van der Waals surface area contributed by atoms with Crippen LogP contribution in [0.1, 0.15) is 5.69 Å². The lowest BCUT2D eigenvalue weighted by atomic mass is 10.3. The van der Waals surface area contributed by atoms with E-state index in [2.05, 4.69) is 20.8 Å². The van der Waals surface area contributed by atoms with Crippen LogP contribution in [0.15, 0.2) is 97.6 Å². The van der Waals surface area contributed by atoms with Gasteiger partial charge >= 0.3 is 0 Å². The molecule has 1 aromatic carbocycles. The second kappa shape index (κ2) is 7.59. The molecule has 8 nitrogen and oxygen atoms in total. The van der Waals surface area contributed by atoms with Gasteiger partial charge < -0.3 is 4.57 Å². The van der Waals surface area contributed by atoms with Gasteiger partial charge in [0, 0.05) is 24.8 Å². The molecule has 0 amide bonds. The molecule has 0 aliphatic carbocycles. The Morgan fingerprint density at radius 3 is 2.09 bits per heavy atom. The number of benzene rings is 1. The summed E-state index contributed by atoms with van der Waals surface area (Å²) in [6.07, 6.45) is 7.24. The second-order valence-electron chi connectivity index (χ2n) is 7.28. The maximum absolute atomic E-state index is 4.90. The van der Waals surface area contributed by atoms with E-state index in [1.165, 1.54) is 0 Å². The summed E-state index contributed by atoms with van der Waals surface area (Å²) < 4.78 is 5.65. The molecule has 0 bridgehead atoms. The molecule has 5 heterocycles. The Morgan fingerprint density at radius 2 is 1.34 bits per heavy atom. The van der Waals surface area contributed by atoms with Gasteiger partial charge in [-0.1, -0.05) is 24.3 Å². The molecule has 0 unspecified atom stereocenters. The van der Waals surface area contributed by atoms with Crippen LogP contribution in [-0.2, 0) is 6.54 Å². The van der Waals surface area contributed by atoms with Gasteiger partial charge in [-0.25, -0.2) is 24.3 Å². The van der Waals surface area contributed by atoms with Gasteiger partial charge in [-0.3, -0.25) is 0 Å². The van der Waals surface area contributed by atoms with Crippen LogP contribution in [0.25, 0.3) is 34.2 Å². The number of aromatic nitrogens is 8. The number of rotatable bonds is 5. The summed E-state index contributed by atoms with van der Waals surface area (Å²) in [4.78, 5) is 14.5. The molecular formula is C24H18N8. The maximum atomic E-state index is 4.90. The third kappa shape index (κ3) is 3.24. The third-order valence-corrected chi connectivity index (χ3v) is 5.21. The third-order valence-electron chi connectivity index (χ3n) is 5.21. The second-order valence-corrected chi connectivity index (χ2v) is 7.28. The zero-order valence-corrected chi connectivity index (χ0v) is 17.0. The molecule has 5 aromatic heterocycles. The molecule has 0 aliphatic rings. The molecule has 0 spiro atoms. The van der Waals surface area contributed by atoms with E-state index in [1.54, 1.807) is 21.8 Å². The molecule has 32 heavy (non-hydrogen) atoms. The van der Waals surface area contributed by atoms with Crippen LogP contribution in [-0.4, -0.2) is 39.1 Å². The molecule has 6 aromatic rings. The van der Waals surface area contributed by atoms with E-state index in [0.717, 1.165) is 39.9 Å². The highest BCUT2D eigenvalue weighted by Gasteiger charge is 2.15. The van der Waals surface area contributed by atoms with Crippen LogP contribution >= 0.6 is 0 Å². The largest absolute Gasteiger partial charge is 0.317 e. The van der Waals surface area contributed by atoms with E-state index >= 15 is 0 Å². The van der Waals surface area contributed by atoms with Crippen molar-refractivity contribution in [3.05, 3.63) is 103 Å². The monoisotopic (exact) mass is 418 g/mol. The first kappa shape index (κ1) is 18.2. The molecule has 0 saturated carbocycles. The smallest absolute Gasteiger partial charge is 0.160 e. The normalized spacial score (nSPS) is 11.2. The topological polar surface area (TPSA) is 79.2 Å². The van der Waals surface area contributed by atoms with Gasteiger partial charge in [0.15, 0.2) is 17.5 Å². The lowest BCUT2D eigenvalue weighted by Crippen LogP contribution is -2.07. The summed E-state index contributed by atoms with van der Waals surface area (Å²) in [7, 11) is 0. The van der Waals surface area contributed by atoms with Crippen molar-refractivity contribution in [3.8, 4) is 23.2 Å². The summed E-state index contributed by atoms with van der Waals surface area (Å²) in [6, 6.07) is 23.7. The highest BCUT2D eigenvalue weighted by molar-refractivity contribution is 5.80. The fourth-order valence-corrected chi connectivity index (χ4v) is 3.76. The first-order valence-corrected chi connectivity index (χ1v) is 10.2. The van der Waals surface area contributed by atoms with Crippen LogP contribution in [0.2, 0.25) is 0 Å². The zero-order chi connectivity index (χ0) is 21.3. The Kier molecular flexibility index (Phi) is 4.31. The number of imidazole rings is 1. The summed E-state index contributed by atoms with van der Waals surface area (Å²) in [6.45, 7) is 0.554. The van der Waals surface area contributed by atoms with Crippen LogP contribution in [0.5, 0.6) is 0 Å². The van der Waals surface area contributed by atoms with Crippen molar-refractivity contribution in [2.24, 2.45) is 0 Å². The minimum Gasteiger partial charge on any atom is -0.317 e. The van der Waals surface area contributed by atoms with Gasteiger partial charge in [0.25, 0.3) is 0 Å². The lowest BCUT2D eigenvalue weighted by Gasteiger charge is -2.11. The van der Waals surface area contributed by atoms with Crippen LogP contribution in [0.4, 0.5) is 0 Å². The van der Waals surface area contributed by atoms with Gasteiger partial charge in [-0.2, -0.15) is 10.2 Å². The number of nitrogens with zero attached hydrogens (tertiary/aromatic N) is 8. The van der Waals surface area contributed by atoms with E-state index < -0.39 is 0 Å². The van der Waals surface area contributed by atoms with E-state index in [1.807, 2.05) is 79.1 Å². The number of hydrogen-bond donors (Lipinski definition) is 0. The van der Waals surface area contributed by atoms with Crippen LogP contribution in [0.3, 0.4) is 0 Å². The predicted molar refractivity (Wildman–Crippen MR) is 121 cm³/mol. The van der Waals surface area contributed by atoms with Gasteiger partial charge in [0.05, 0.1) is 23.3 Å². The molecule has 154 valence electrons. The summed E-state index contributed by atoms with van der Waals surface area (Å²) in [5, 5.41) is 8.59. The molecular weight excluding hydrogens is 400 g/mol. The quantitative estimate of drug-likeness (QED) is 0.424. The van der Waals surface area contributed by atoms with Crippen molar-refractivity contribution in [2.75, 3.05) is 0 Å². The predicted octanol–water partition coefficient (Wildman–Crippen LogP) is 3.91. The molecule has 0 saturated heterocycles. The Labute approximate surface area is 183 Å². The first-order valence-electron chi connectivity index (χ1n) is 10.2. The van der Waals surface area contributed by atoms with Crippen molar-refractivity contribution in [2.45, 2.75) is 6.54 Å². The highest BCUT2D eigenvalue weighted by atomic mass is 15.3. The van der Waals surface area contributed by atoms with Crippen molar-refractivity contribution in [1.82, 2.24) is 39.1 Å². The molecule has 8 heteroatoms. The van der Waals surface area contributed by atoms with E-state index in [9.17, 15) is 0 Å². The van der Waals surface area contributed by atoms with Crippen LogP contribution < -0.4 is 0 Å². The Hall–Kier alpha value is -4.59. The van der Waals surface area contributed by atoms with Crippen molar-refractivity contribution in [3.63, 3.8) is 0 Å². The van der Waals surface area contributed by atoms with Crippen LogP contribution in [0, 0.1) is 0 Å². The number of para-hydroxylation sites is 2. The van der Waals surface area contributed by atoms with Gasteiger partial charge in [0.1, 0.15) is 5.69 Å². The Bertz CT molecular complexity index is 1500. The van der Waals surface area contributed by atoms with Crippen molar-refractivity contribution >= 4 is 11.0 Å². The average Bonchev–Trinajstić information content (AvgIpc) is 3.61. The maximum Gasteiger partial charge on any atom is 0.160 e. The average molecular weight is 418 g/mol. The molecule has 0 fully saturated rings. The fourth-order valence-electron chi connectivity index (χ4n) is 3.76. The summed E-state index contributed by atoms with van der Waals surface area (Å²) in [5.74, 6) is 2.30. The van der Waals surface area contributed by atoms with E-state index in [-0.39, 0.29) is 0 Å². The number of hydrogen-bond acceptors (Lipinski definition) is 5. The van der Waals surface area contributed by atoms with Gasteiger partial charge in [-0.05, 0) is 48.5 Å². The van der Waals surface area contributed by atoms with Gasteiger partial charge in [-0.15, -0.1) is 0 Å². The Morgan fingerprint density at radius 1 is 0.625 bits per heavy atom. The van der Waals surface area contributed by atoms with Crippen molar-refractivity contribution in [1.29, 1.82) is 0 Å². The molecule has 0 atom stereocenters. The van der Waals surface area contributed by atoms with E-state index in [0.29, 0.717) is 6.54 Å². The molecule has 0 aliphatic heterocycles. The van der Waals surface area contributed by atoms with E-state index in [4.69, 9.17) is 15.0 Å². The van der Waals surface area contributed by atoms with Crippen molar-refractivity contribution < 1.29 is 0 Å². The fraction of sp³-hybridized carbons (Fsp3) is 0.0417.